The van der Waals surface area contributed by atoms with Gasteiger partial charge in [-0.15, -0.1) is 0 Å². The molecule has 2 rings (SSSR count). The third-order valence-corrected chi connectivity index (χ3v) is 3.03. The Labute approximate surface area is 121 Å². The molecule has 108 valence electrons. The maximum atomic E-state index is 12.1. The number of amides is 1. The summed E-state index contributed by atoms with van der Waals surface area (Å²) in [4.78, 5) is 26.4. The summed E-state index contributed by atoms with van der Waals surface area (Å²) in [6, 6.07) is 7.46. The van der Waals surface area contributed by atoms with E-state index in [1.165, 1.54) is 12.1 Å². The molecule has 0 radical (unpaired) electrons. The number of nitrogens with two attached hydrogens (primary N) is 1. The van der Waals surface area contributed by atoms with Crippen LogP contribution in [0.15, 0.2) is 36.5 Å². The second-order valence-electron chi connectivity index (χ2n) is 4.48. The Morgan fingerprint density at radius 1 is 1.43 bits per heavy atom. The summed E-state index contributed by atoms with van der Waals surface area (Å²) in [6.07, 6.45) is 1.64. The molecule has 7 heteroatoms. The van der Waals surface area contributed by atoms with Gasteiger partial charge in [0.2, 0.25) is 0 Å². The van der Waals surface area contributed by atoms with Crippen molar-refractivity contribution < 1.29 is 9.72 Å². The van der Waals surface area contributed by atoms with Crippen molar-refractivity contribution in [3.63, 3.8) is 0 Å². The maximum Gasteiger partial charge on any atom is 0.270 e. The van der Waals surface area contributed by atoms with Crippen LogP contribution in [0.3, 0.4) is 0 Å². The molecule has 0 fully saturated rings. The van der Waals surface area contributed by atoms with Gasteiger partial charge in [-0.3, -0.25) is 19.9 Å². The molecule has 1 aromatic heterocycles. The summed E-state index contributed by atoms with van der Waals surface area (Å²) < 4.78 is 0. The van der Waals surface area contributed by atoms with E-state index in [-0.39, 0.29) is 23.5 Å². The second kappa shape index (κ2) is 6.00. The fourth-order valence-electron chi connectivity index (χ4n) is 1.82. The Hall–Kier alpha value is -2.96. The van der Waals surface area contributed by atoms with Crippen molar-refractivity contribution in [2.24, 2.45) is 0 Å². The van der Waals surface area contributed by atoms with Crippen LogP contribution in [0.5, 0.6) is 0 Å². The third-order valence-electron chi connectivity index (χ3n) is 3.03. The molecule has 21 heavy (non-hydrogen) atoms. The van der Waals surface area contributed by atoms with Crippen LogP contribution < -0.4 is 11.1 Å². The van der Waals surface area contributed by atoms with Gasteiger partial charge in [0, 0.05) is 24.0 Å². The summed E-state index contributed by atoms with van der Waals surface area (Å²) in [5.74, 6) is -0.471. The highest BCUT2D eigenvalue weighted by molar-refractivity contribution is 5.99. The summed E-state index contributed by atoms with van der Waals surface area (Å²) >= 11 is 0. The molecule has 0 atom stereocenters. The van der Waals surface area contributed by atoms with Gasteiger partial charge in [-0.25, -0.2) is 0 Å². The molecule has 0 saturated carbocycles. The number of pyridine rings is 1. The number of carbonyl (C=O) groups is 1. The molecule has 0 aliphatic carbocycles. The molecule has 2 aromatic rings. The van der Waals surface area contributed by atoms with Gasteiger partial charge in [-0.05, 0) is 24.6 Å². The predicted molar refractivity (Wildman–Crippen MR) is 77.7 cm³/mol. The lowest BCUT2D eigenvalue weighted by molar-refractivity contribution is -0.384. The first-order valence-electron chi connectivity index (χ1n) is 6.21. The van der Waals surface area contributed by atoms with Crippen molar-refractivity contribution in [2.75, 3.05) is 5.73 Å². The van der Waals surface area contributed by atoms with E-state index in [4.69, 9.17) is 5.73 Å². The first-order valence-corrected chi connectivity index (χ1v) is 6.21. The molecule has 1 heterocycles. The lowest BCUT2D eigenvalue weighted by atomic mass is 10.1. The smallest absolute Gasteiger partial charge is 0.270 e. The summed E-state index contributed by atoms with van der Waals surface area (Å²) in [6.45, 7) is 2.11. The molecule has 0 spiro atoms. The highest BCUT2D eigenvalue weighted by Crippen LogP contribution is 2.19. The molecule has 0 aliphatic rings. The maximum absolute atomic E-state index is 12.1. The predicted octanol–water partition coefficient (Wildman–Crippen LogP) is 1.81. The van der Waals surface area contributed by atoms with Crippen molar-refractivity contribution in [3.05, 3.63) is 63.5 Å². The number of non-ortho nitro benzene ring substituents is 1. The minimum Gasteiger partial charge on any atom is -0.398 e. The van der Waals surface area contributed by atoms with Crippen LogP contribution in [-0.2, 0) is 6.54 Å². The number of hydrogen-bond donors (Lipinski definition) is 2. The Kier molecular flexibility index (Phi) is 4.13. The van der Waals surface area contributed by atoms with Gasteiger partial charge in [0.05, 0.1) is 22.7 Å². The zero-order valence-electron chi connectivity index (χ0n) is 11.4. The largest absolute Gasteiger partial charge is 0.398 e. The quantitative estimate of drug-likeness (QED) is 0.506. The van der Waals surface area contributed by atoms with E-state index < -0.39 is 10.8 Å². The van der Waals surface area contributed by atoms with Gasteiger partial charge in [0.15, 0.2) is 0 Å². The van der Waals surface area contributed by atoms with Crippen molar-refractivity contribution in [1.82, 2.24) is 10.3 Å². The first-order chi connectivity index (χ1) is 9.99. The van der Waals surface area contributed by atoms with E-state index in [0.717, 1.165) is 17.3 Å². The SMILES string of the molecule is Cc1cccnc1CNC(=O)c1cc([N+](=O)[O-])ccc1N. The van der Waals surface area contributed by atoms with Gasteiger partial charge >= 0.3 is 0 Å². The van der Waals surface area contributed by atoms with E-state index in [0.29, 0.717) is 0 Å². The summed E-state index contributed by atoms with van der Waals surface area (Å²) in [5, 5.41) is 13.4. The number of anilines is 1. The number of nitrogen functional groups attached to an aromatic ring is 1. The zero-order chi connectivity index (χ0) is 15.4. The summed E-state index contributed by atoms with van der Waals surface area (Å²) in [7, 11) is 0. The molecule has 0 aliphatic heterocycles. The van der Waals surface area contributed by atoms with Crippen molar-refractivity contribution in [3.8, 4) is 0 Å². The normalized spacial score (nSPS) is 10.1. The average molecular weight is 286 g/mol. The number of benzene rings is 1. The highest BCUT2D eigenvalue weighted by atomic mass is 16.6. The lowest BCUT2D eigenvalue weighted by Gasteiger charge is -2.08. The van der Waals surface area contributed by atoms with Crippen molar-refractivity contribution in [2.45, 2.75) is 13.5 Å². The molecule has 7 nitrogen and oxygen atoms in total. The molecule has 3 N–H and O–H groups in total. The van der Waals surface area contributed by atoms with Crippen LogP contribution in [0, 0.1) is 17.0 Å². The van der Waals surface area contributed by atoms with Crippen LogP contribution in [-0.4, -0.2) is 15.8 Å². The Morgan fingerprint density at radius 3 is 2.86 bits per heavy atom. The number of nitro benzene ring substituents is 1. The number of aromatic nitrogens is 1. The number of hydrogen-bond acceptors (Lipinski definition) is 5. The molecule has 0 bridgehead atoms. The summed E-state index contributed by atoms with van der Waals surface area (Å²) in [5.41, 5.74) is 7.46. The fraction of sp³-hybridized carbons (Fsp3) is 0.143. The molecular formula is C14H14N4O3. The first kappa shape index (κ1) is 14.4. The van der Waals surface area contributed by atoms with Gasteiger partial charge in [-0.2, -0.15) is 0 Å². The number of rotatable bonds is 4. The van der Waals surface area contributed by atoms with E-state index in [2.05, 4.69) is 10.3 Å². The van der Waals surface area contributed by atoms with Gasteiger partial charge < -0.3 is 11.1 Å². The third kappa shape index (κ3) is 3.33. The number of nitro groups is 1. The van der Waals surface area contributed by atoms with Crippen LogP contribution in [0.2, 0.25) is 0 Å². The molecule has 0 saturated heterocycles. The van der Waals surface area contributed by atoms with Crippen molar-refractivity contribution in [1.29, 1.82) is 0 Å². The van der Waals surface area contributed by atoms with Gasteiger partial charge in [0.1, 0.15) is 0 Å². The van der Waals surface area contributed by atoms with E-state index >= 15 is 0 Å². The standard InChI is InChI=1S/C14H14N4O3/c1-9-3-2-6-16-13(9)8-17-14(19)11-7-10(18(20)21)4-5-12(11)15/h2-7H,8,15H2,1H3,(H,17,19). The minimum absolute atomic E-state index is 0.0813. The zero-order valence-corrected chi connectivity index (χ0v) is 11.4. The average Bonchev–Trinajstić information content (AvgIpc) is 2.46. The van der Waals surface area contributed by atoms with Crippen LogP contribution in [0.25, 0.3) is 0 Å². The van der Waals surface area contributed by atoms with Gasteiger partial charge in [0.25, 0.3) is 11.6 Å². The van der Waals surface area contributed by atoms with Crippen LogP contribution in [0.1, 0.15) is 21.6 Å². The topological polar surface area (TPSA) is 111 Å². The monoisotopic (exact) mass is 286 g/mol. The van der Waals surface area contributed by atoms with Crippen LogP contribution >= 0.6 is 0 Å². The lowest BCUT2D eigenvalue weighted by Crippen LogP contribution is -2.24. The minimum atomic E-state index is -0.570. The number of aryl methyl sites for hydroxylation is 1. The Bertz CT molecular complexity index is 700. The number of carbonyl (C=O) groups excluding carboxylic acids is 1. The van der Waals surface area contributed by atoms with E-state index in [1.807, 2.05) is 13.0 Å². The Balaban J connectivity index is 2.15. The second-order valence-corrected chi connectivity index (χ2v) is 4.48. The fourth-order valence-corrected chi connectivity index (χ4v) is 1.82. The van der Waals surface area contributed by atoms with Crippen LogP contribution in [0.4, 0.5) is 11.4 Å². The Morgan fingerprint density at radius 2 is 2.19 bits per heavy atom. The number of nitrogens with one attached hydrogen (secondary N) is 1. The van der Waals surface area contributed by atoms with E-state index in [9.17, 15) is 14.9 Å². The molecule has 0 unspecified atom stereocenters. The van der Waals surface area contributed by atoms with Crippen molar-refractivity contribution >= 4 is 17.3 Å². The van der Waals surface area contributed by atoms with Gasteiger partial charge in [-0.1, -0.05) is 6.07 Å². The molecule has 1 aromatic carbocycles. The molecule has 1 amide bonds. The number of nitrogens with zero attached hydrogens (tertiary/aromatic N) is 2. The van der Waals surface area contributed by atoms with E-state index in [1.54, 1.807) is 12.3 Å². The highest BCUT2D eigenvalue weighted by Gasteiger charge is 2.15. The molecular weight excluding hydrogens is 272 g/mol.